The maximum atomic E-state index is 12.3. The Bertz CT molecular complexity index is 4940. The Morgan fingerprint density at radius 2 is 0.835 bits per heavy atom. The molecule has 0 bridgehead atoms. The Labute approximate surface area is 760 Å². The average Bonchev–Trinajstić information content (AvgIpc) is 0.811. The first-order valence-electron chi connectivity index (χ1n) is 28.4. The van der Waals surface area contributed by atoms with Crippen LogP contribution in [-0.2, 0) is 32.2 Å². The number of hydrogen-bond donors (Lipinski definition) is 4. The Morgan fingerprint density at radius 1 is 0.504 bits per heavy atom. The predicted molar refractivity (Wildman–Crippen MR) is 442 cm³/mol. The molecule has 0 spiro atoms. The third-order valence-electron chi connectivity index (χ3n) is 11.9. The number of ether oxygens (including phenoxy) is 2. The number of methoxy groups -OCH3 is 2. The van der Waals surface area contributed by atoms with Gasteiger partial charge in [0.25, 0.3) is 28.8 Å². The number of non-ortho nitro benzene ring substituents is 4. The Hall–Kier alpha value is -8.47. The van der Waals surface area contributed by atoms with Gasteiger partial charge in [-0.25, -0.2) is 51.2 Å². The summed E-state index contributed by atoms with van der Waals surface area (Å²) in [6.07, 6.45) is 0. The molecule has 115 heavy (non-hydrogen) atoms. The van der Waals surface area contributed by atoms with Crippen LogP contribution in [0.5, 0.6) is 0 Å². The number of hydrogen-bond acceptors (Lipinski definition) is 23. The molecule has 9 aromatic rings. The van der Waals surface area contributed by atoms with E-state index >= 15 is 0 Å². The van der Waals surface area contributed by atoms with E-state index in [4.69, 9.17) is 234 Å². The maximum Gasteiger partial charge on any atom is 1.00 e. The number of benzene rings is 7. The molecule has 6 N–H and O–H groups in total. The van der Waals surface area contributed by atoms with Gasteiger partial charge in [0.05, 0.1) is 127 Å². The minimum Gasteiger partial charge on any atom is -0.464 e. The Morgan fingerprint density at radius 3 is 1.12 bits per heavy atom. The van der Waals surface area contributed by atoms with E-state index in [1.807, 2.05) is 0 Å². The van der Waals surface area contributed by atoms with E-state index in [9.17, 15) is 58.8 Å². The van der Waals surface area contributed by atoms with E-state index in [2.05, 4.69) is 82.7 Å². The van der Waals surface area contributed by atoms with Gasteiger partial charge in [-0.1, -0.05) is 174 Å². The van der Waals surface area contributed by atoms with Gasteiger partial charge in [0.1, 0.15) is 17.3 Å². The van der Waals surface area contributed by atoms with Gasteiger partial charge >= 0.3 is 54.1 Å². The Kier molecular flexibility index (Phi) is 53.6. The number of halogens is 18. The fraction of sp³-hybridized carbons (Fsp3) is 0.109. The topological polar surface area (TPSA) is 429 Å². The third-order valence-corrected chi connectivity index (χ3v) is 18.0. The fourth-order valence-corrected chi connectivity index (χ4v) is 11.1. The van der Waals surface area contributed by atoms with E-state index in [0.29, 0.717) is 68.6 Å². The molecule has 0 radical (unpaired) electrons. The molecule has 7 aromatic carbocycles. The summed E-state index contributed by atoms with van der Waals surface area (Å²) in [5, 5.41) is 68.3. The largest absolute Gasteiger partial charge is 1.00 e. The summed E-state index contributed by atoms with van der Waals surface area (Å²) in [6.45, 7) is 33.8. The van der Waals surface area contributed by atoms with Gasteiger partial charge in [-0.15, -0.1) is 38.4 Å². The first kappa shape index (κ1) is 109. The molecule has 0 saturated carbocycles. The average molecular weight is 1980 g/mol. The van der Waals surface area contributed by atoms with Crippen LogP contribution < -0.4 is 46.8 Å². The van der Waals surface area contributed by atoms with Crippen molar-refractivity contribution < 1.29 is 77.1 Å². The van der Waals surface area contributed by atoms with Gasteiger partial charge in [0, 0.05) is 70.9 Å². The number of aromatic nitrogens is 4. The van der Waals surface area contributed by atoms with Crippen LogP contribution >= 0.6 is 203 Å². The summed E-state index contributed by atoms with van der Waals surface area (Å²) in [5.74, 6) is -2.51. The summed E-state index contributed by atoms with van der Waals surface area (Å²) in [4.78, 5) is 84.3. The summed E-state index contributed by atoms with van der Waals surface area (Å²) < 4.78 is 33.4. The van der Waals surface area contributed by atoms with Crippen molar-refractivity contribution >= 4 is 254 Å². The van der Waals surface area contributed by atoms with Crippen LogP contribution in [0.1, 0.15) is 40.0 Å². The molecule has 2 heterocycles. The second-order valence-corrected chi connectivity index (χ2v) is 26.7. The molecule has 51 heteroatoms. The van der Waals surface area contributed by atoms with Crippen LogP contribution in [0.15, 0.2) is 130 Å². The minimum absolute atomic E-state index is 0. The number of rotatable bonds is 11. The van der Waals surface area contributed by atoms with Crippen molar-refractivity contribution in [3.05, 3.63) is 343 Å². The van der Waals surface area contributed by atoms with Gasteiger partial charge in [-0.2, -0.15) is 0 Å². The third kappa shape index (κ3) is 39.4. The predicted octanol–water partition coefficient (Wildman–Crippen LogP) is 20.9. The molecule has 0 saturated heterocycles. The van der Waals surface area contributed by atoms with Crippen molar-refractivity contribution in [1.29, 1.82) is 0 Å². The van der Waals surface area contributed by atoms with E-state index in [1.54, 1.807) is 48.5 Å². The van der Waals surface area contributed by atoms with Crippen LogP contribution in [-0.4, -0.2) is 72.8 Å². The summed E-state index contributed by atoms with van der Waals surface area (Å²) in [5.41, 5.74) is 18.8. The van der Waals surface area contributed by atoms with Crippen molar-refractivity contribution in [1.82, 2.24) is 20.4 Å². The molecular weight excluding hydrogens is 1940 g/mol. The van der Waals surface area contributed by atoms with Crippen molar-refractivity contribution in [2.45, 2.75) is 30.1 Å². The standard InChI is InChI=1S/C12H7Cl3N4.C10H6Cl2N2O4.C8H4Cl2N2O2.C8H6Cl2N2.C6H2BrCl2NO2.C6H4Cl2N2O2.C6H4F2S.C4H2Cl2N2.C4H5NO2.HNO2.Na/c1-17-12(9-2-3-10(15)19-18-9)11-7(13)4-6(16)5-8(11)14;1-13-9(10(15)18-2)8-6(11)3-5(14(16)17)4-7(8)12;1-11-4-6-7(9)2-5(12(13)14)3-8(6)10;1-12-4-6-7(9)2-5(11)3-8(6)10;7-6-4(8)1-3(10(11)12)2-5(6)9;7-4-1-3(10(11)12)2-5(8)6(4)9;7-4-1-2-6(9)5(8)3-4;5-3-1-2-4(6)8-7-3;1-5-3-4(6)7-2;2-1-3;/h2-5,12H,16H2;3-4,9H,2H3;2-3H,4H2;2-3H,4,11H2;1-2H;1-2H,9H2;1-3,9H;1-2H;3H2,2H3;(H,2,3);/q;;;;;;;;;;+1/p-1. The summed E-state index contributed by atoms with van der Waals surface area (Å²) in [6, 6.07) is 23.0. The van der Waals surface area contributed by atoms with Crippen LogP contribution in [0.25, 0.3) is 24.2 Å². The van der Waals surface area contributed by atoms with Crippen molar-refractivity contribution in [3.8, 4) is 0 Å². The summed E-state index contributed by atoms with van der Waals surface area (Å²) in [7, 11) is 2.38. The first-order chi connectivity index (χ1) is 53.4. The summed E-state index contributed by atoms with van der Waals surface area (Å²) >= 11 is 92.5. The van der Waals surface area contributed by atoms with E-state index in [1.165, 1.54) is 37.4 Å². The molecule has 2 aromatic heterocycles. The van der Waals surface area contributed by atoms with E-state index < -0.39 is 55.3 Å². The van der Waals surface area contributed by atoms with Crippen molar-refractivity contribution in [2.24, 2.45) is 5.34 Å². The number of nitro groups is 4. The molecular formula is C64H40BrCl15F2N17NaO14S. The molecule has 0 aliphatic rings. The number of carbonyl (C=O) groups excluding carboxylic acids is 2. The van der Waals surface area contributed by atoms with E-state index in [0.717, 1.165) is 48.8 Å². The van der Waals surface area contributed by atoms with Gasteiger partial charge < -0.3 is 56.2 Å². The second-order valence-electron chi connectivity index (χ2n) is 19.4. The van der Waals surface area contributed by atoms with Gasteiger partial charge in [0.2, 0.25) is 13.1 Å². The quantitative estimate of drug-likeness (QED) is 0.0107. The molecule has 0 fully saturated rings. The number of nitrogen functional groups attached to an aromatic ring is 3. The monoisotopic (exact) mass is 1970 g/mol. The number of nitro benzene ring substituents is 4. The number of nitrogens with two attached hydrogens (primary N) is 3. The molecule has 0 amide bonds. The minimum atomic E-state index is -1.34. The molecule has 2 atom stereocenters. The fourth-order valence-electron chi connectivity index (χ4n) is 6.91. The molecule has 9 rings (SSSR count). The molecule has 2 unspecified atom stereocenters. The molecule has 0 aliphatic carbocycles. The SMILES string of the molecule is Clc1ccc(Cl)nn1.Fc1ccc(S)c(F)c1.Nc1c(Cl)cc([N+](=O)[O-])cc1Cl.O=N[O-].O=[N+]([O-])c1cc(Cl)c(Br)c(Cl)c1.[C-]#[N+]C(C(=O)OC)c1c(Cl)cc([N+](=O)[O-])cc1Cl.[C-]#[N+]C(c1ccc(Cl)nn1)c1c(Cl)cc(N)cc1Cl.[C-]#[N+]CC(=O)OC.[C-]#[N+]Cc1c(Cl)cc(N)cc1Cl.[C-]#[N+]Cc1c(Cl)cc([N+](=O)[O-])cc1Cl.[Na+]. The van der Waals surface area contributed by atoms with Crippen molar-refractivity contribution in [2.75, 3.05) is 38.0 Å². The van der Waals surface area contributed by atoms with Crippen molar-refractivity contribution in [3.63, 3.8) is 0 Å². The second kappa shape index (κ2) is 56.8. The maximum absolute atomic E-state index is 12.3. The number of carbonyl (C=O) groups is 2. The first-order valence-corrected chi connectivity index (χ1v) is 35.3. The van der Waals surface area contributed by atoms with Gasteiger partial charge in [0.15, 0.2) is 15.5 Å². The Balaban J connectivity index is 0. The zero-order valence-electron chi connectivity index (χ0n) is 57.2. The van der Waals surface area contributed by atoms with Crippen LogP contribution in [0.3, 0.4) is 0 Å². The smallest absolute Gasteiger partial charge is 0.464 e. The molecule has 598 valence electrons. The zero-order valence-corrected chi connectivity index (χ0v) is 73.0. The zero-order chi connectivity index (χ0) is 87.6. The number of esters is 2. The molecule has 31 nitrogen and oxygen atoms in total. The van der Waals surface area contributed by atoms with Gasteiger partial charge in [-0.3, -0.25) is 45.3 Å². The van der Waals surface area contributed by atoms with Crippen LogP contribution in [0.2, 0.25) is 75.7 Å². The number of thiol groups is 1. The van der Waals surface area contributed by atoms with Crippen LogP contribution in [0, 0.1) is 95.1 Å². The van der Waals surface area contributed by atoms with Crippen LogP contribution in [0.4, 0.5) is 48.6 Å². The number of nitrogens with zero attached hydrogens (tertiary/aromatic N) is 14. The number of anilines is 3. The molecule has 0 aliphatic heterocycles. The normalized spacial score (nSPS) is 9.88. The van der Waals surface area contributed by atoms with Gasteiger partial charge in [-0.05, 0) is 76.6 Å². The van der Waals surface area contributed by atoms with E-state index in [-0.39, 0.29) is 133 Å².